The van der Waals surface area contributed by atoms with Crippen molar-refractivity contribution < 1.29 is 9.53 Å². The highest BCUT2D eigenvalue weighted by Gasteiger charge is 2.21. The van der Waals surface area contributed by atoms with Crippen molar-refractivity contribution in [2.75, 3.05) is 12.4 Å². The highest BCUT2D eigenvalue weighted by atomic mass is 32.1. The van der Waals surface area contributed by atoms with E-state index in [2.05, 4.69) is 15.4 Å². The first-order chi connectivity index (χ1) is 14.2. The molecule has 4 rings (SSSR count). The summed E-state index contributed by atoms with van der Waals surface area (Å²) in [6.45, 7) is 2.58. The minimum atomic E-state index is -0.304. The number of para-hydroxylation sites is 1. The van der Waals surface area contributed by atoms with Gasteiger partial charge in [0, 0.05) is 10.4 Å². The normalized spacial score (nSPS) is 10.7. The average Bonchev–Trinajstić information content (AvgIpc) is 3.42. The standard InChI is InChI=1S/C22H20N4O2S/c1-15-9-11-16(12-10-15)20-24-22(23-14-17-6-5-13-29-17)26(25-20)21(27)18-7-3-4-8-19(18)28-2/h3-13H,14H2,1-2H3,(H,23,24,25). The number of nitrogens with one attached hydrogen (secondary N) is 1. The monoisotopic (exact) mass is 404 g/mol. The van der Waals surface area contributed by atoms with E-state index in [9.17, 15) is 4.79 Å². The summed E-state index contributed by atoms with van der Waals surface area (Å²) in [5.74, 6) is 1.07. The van der Waals surface area contributed by atoms with Crippen molar-refractivity contribution in [3.05, 3.63) is 82.0 Å². The van der Waals surface area contributed by atoms with E-state index >= 15 is 0 Å². The number of hydrogen-bond acceptors (Lipinski definition) is 6. The molecule has 0 radical (unpaired) electrons. The molecule has 0 atom stereocenters. The molecule has 0 aliphatic rings. The summed E-state index contributed by atoms with van der Waals surface area (Å²) in [4.78, 5) is 19.0. The van der Waals surface area contributed by atoms with E-state index in [1.165, 1.54) is 4.68 Å². The van der Waals surface area contributed by atoms with Crippen molar-refractivity contribution in [3.8, 4) is 17.1 Å². The average molecular weight is 404 g/mol. The molecule has 2 aromatic heterocycles. The van der Waals surface area contributed by atoms with Crippen LogP contribution in [0.25, 0.3) is 11.4 Å². The number of aromatic nitrogens is 3. The van der Waals surface area contributed by atoms with Crippen LogP contribution in [-0.2, 0) is 6.54 Å². The quantitative estimate of drug-likeness (QED) is 0.508. The molecule has 0 bridgehead atoms. The third kappa shape index (κ3) is 4.05. The zero-order valence-corrected chi connectivity index (χ0v) is 16.9. The smallest absolute Gasteiger partial charge is 0.285 e. The number of methoxy groups -OCH3 is 1. The van der Waals surface area contributed by atoms with Crippen LogP contribution in [0.5, 0.6) is 5.75 Å². The van der Waals surface area contributed by atoms with Crippen molar-refractivity contribution in [3.63, 3.8) is 0 Å². The largest absolute Gasteiger partial charge is 0.496 e. The van der Waals surface area contributed by atoms with E-state index in [1.807, 2.05) is 54.8 Å². The Morgan fingerprint density at radius 2 is 1.90 bits per heavy atom. The van der Waals surface area contributed by atoms with Crippen LogP contribution in [0, 0.1) is 6.92 Å². The SMILES string of the molecule is COc1ccccc1C(=O)n1nc(-c2ccc(C)cc2)nc1NCc1cccs1. The van der Waals surface area contributed by atoms with Gasteiger partial charge in [-0.2, -0.15) is 9.67 Å². The maximum Gasteiger partial charge on any atom is 0.285 e. The zero-order chi connectivity index (χ0) is 20.2. The zero-order valence-electron chi connectivity index (χ0n) is 16.1. The van der Waals surface area contributed by atoms with Gasteiger partial charge < -0.3 is 10.1 Å². The number of carbonyl (C=O) groups is 1. The number of rotatable bonds is 6. The van der Waals surface area contributed by atoms with Gasteiger partial charge in [0.15, 0.2) is 5.82 Å². The Morgan fingerprint density at radius 3 is 2.62 bits per heavy atom. The van der Waals surface area contributed by atoms with Crippen LogP contribution in [-0.4, -0.2) is 27.8 Å². The summed E-state index contributed by atoms with van der Waals surface area (Å²) in [6, 6.07) is 19.0. The van der Waals surface area contributed by atoms with E-state index in [-0.39, 0.29) is 5.91 Å². The molecule has 146 valence electrons. The second kappa shape index (κ2) is 8.28. The highest BCUT2D eigenvalue weighted by Crippen LogP contribution is 2.23. The second-order valence-electron chi connectivity index (χ2n) is 6.48. The Hall–Kier alpha value is -3.45. The number of nitrogens with zero attached hydrogens (tertiary/aromatic N) is 3. The van der Waals surface area contributed by atoms with Gasteiger partial charge in [0.1, 0.15) is 5.75 Å². The summed E-state index contributed by atoms with van der Waals surface area (Å²) >= 11 is 1.64. The lowest BCUT2D eigenvalue weighted by atomic mass is 10.1. The molecule has 1 N–H and O–H groups in total. The Balaban J connectivity index is 1.73. The molecular weight excluding hydrogens is 384 g/mol. The first kappa shape index (κ1) is 18.9. The van der Waals surface area contributed by atoms with Gasteiger partial charge >= 0.3 is 0 Å². The lowest BCUT2D eigenvalue weighted by Crippen LogP contribution is -2.18. The van der Waals surface area contributed by atoms with E-state index in [4.69, 9.17) is 4.74 Å². The number of anilines is 1. The van der Waals surface area contributed by atoms with Crippen LogP contribution >= 0.6 is 11.3 Å². The van der Waals surface area contributed by atoms with Crippen LogP contribution in [0.3, 0.4) is 0 Å². The number of carbonyl (C=O) groups excluding carboxylic acids is 1. The maximum absolute atomic E-state index is 13.3. The Bertz CT molecular complexity index is 1120. The van der Waals surface area contributed by atoms with Crippen LogP contribution in [0.2, 0.25) is 0 Å². The van der Waals surface area contributed by atoms with Gasteiger partial charge in [-0.05, 0) is 30.5 Å². The van der Waals surface area contributed by atoms with Crippen LogP contribution in [0.4, 0.5) is 5.95 Å². The van der Waals surface area contributed by atoms with E-state index in [0.29, 0.717) is 29.6 Å². The fraction of sp³-hybridized carbons (Fsp3) is 0.136. The summed E-state index contributed by atoms with van der Waals surface area (Å²) in [7, 11) is 1.54. The molecule has 29 heavy (non-hydrogen) atoms. The fourth-order valence-corrected chi connectivity index (χ4v) is 3.55. The van der Waals surface area contributed by atoms with Crippen molar-refractivity contribution in [1.82, 2.24) is 14.8 Å². The van der Waals surface area contributed by atoms with Crippen molar-refractivity contribution >= 4 is 23.2 Å². The molecule has 0 amide bonds. The molecule has 0 spiro atoms. The second-order valence-corrected chi connectivity index (χ2v) is 7.51. The van der Waals surface area contributed by atoms with Crippen LogP contribution in [0.1, 0.15) is 20.8 Å². The molecule has 0 aliphatic carbocycles. The number of ether oxygens (including phenoxy) is 1. The first-order valence-corrected chi connectivity index (χ1v) is 10.0. The van der Waals surface area contributed by atoms with Gasteiger partial charge in [-0.1, -0.05) is 48.0 Å². The minimum Gasteiger partial charge on any atom is -0.496 e. The molecular formula is C22H20N4O2S. The van der Waals surface area contributed by atoms with Crippen molar-refractivity contribution in [1.29, 1.82) is 0 Å². The van der Waals surface area contributed by atoms with Gasteiger partial charge in [0.05, 0.1) is 19.2 Å². The third-order valence-electron chi connectivity index (χ3n) is 4.45. The van der Waals surface area contributed by atoms with Crippen LogP contribution < -0.4 is 10.1 Å². The highest BCUT2D eigenvalue weighted by molar-refractivity contribution is 7.09. The maximum atomic E-state index is 13.3. The Morgan fingerprint density at radius 1 is 1.10 bits per heavy atom. The number of hydrogen-bond donors (Lipinski definition) is 1. The number of aryl methyl sites for hydroxylation is 1. The van der Waals surface area contributed by atoms with Crippen molar-refractivity contribution in [2.45, 2.75) is 13.5 Å². The summed E-state index contributed by atoms with van der Waals surface area (Å²) in [5.41, 5.74) is 2.42. The van der Waals surface area contributed by atoms with Gasteiger partial charge in [-0.25, -0.2) is 0 Å². The molecule has 6 nitrogen and oxygen atoms in total. The van der Waals surface area contributed by atoms with E-state index < -0.39 is 0 Å². The summed E-state index contributed by atoms with van der Waals surface area (Å²) in [5, 5.41) is 9.76. The minimum absolute atomic E-state index is 0.304. The van der Waals surface area contributed by atoms with Crippen LogP contribution in [0.15, 0.2) is 66.0 Å². The summed E-state index contributed by atoms with van der Waals surface area (Å²) in [6.07, 6.45) is 0. The number of benzene rings is 2. The van der Waals surface area contributed by atoms with E-state index in [0.717, 1.165) is 16.0 Å². The first-order valence-electron chi connectivity index (χ1n) is 9.14. The molecule has 2 heterocycles. The molecule has 0 fully saturated rings. The predicted octanol–water partition coefficient (Wildman–Crippen LogP) is 4.62. The molecule has 4 aromatic rings. The molecule has 0 saturated carbocycles. The molecule has 7 heteroatoms. The third-order valence-corrected chi connectivity index (χ3v) is 5.32. The lowest BCUT2D eigenvalue weighted by molar-refractivity contribution is 0.0944. The molecule has 2 aromatic carbocycles. The summed E-state index contributed by atoms with van der Waals surface area (Å²) < 4.78 is 6.66. The topological polar surface area (TPSA) is 69.0 Å². The predicted molar refractivity (Wildman–Crippen MR) is 115 cm³/mol. The van der Waals surface area contributed by atoms with E-state index in [1.54, 1.807) is 36.6 Å². The molecule has 0 aliphatic heterocycles. The van der Waals surface area contributed by atoms with Gasteiger partial charge in [0.2, 0.25) is 5.95 Å². The fourth-order valence-electron chi connectivity index (χ4n) is 2.91. The Labute approximate surface area is 172 Å². The lowest BCUT2D eigenvalue weighted by Gasteiger charge is -2.09. The number of thiophene rings is 1. The molecule has 0 saturated heterocycles. The van der Waals surface area contributed by atoms with Gasteiger partial charge in [0.25, 0.3) is 5.91 Å². The Kier molecular flexibility index (Phi) is 5.39. The van der Waals surface area contributed by atoms with Gasteiger partial charge in [-0.3, -0.25) is 4.79 Å². The van der Waals surface area contributed by atoms with Gasteiger partial charge in [-0.15, -0.1) is 16.4 Å². The van der Waals surface area contributed by atoms with Crippen molar-refractivity contribution in [2.24, 2.45) is 0 Å². The molecule has 0 unspecified atom stereocenters.